The van der Waals surface area contributed by atoms with Crippen LogP contribution in [0.2, 0.25) is 5.02 Å². The number of carbonyl (C=O) groups is 1. The molecule has 0 saturated carbocycles. The normalized spacial score (nSPS) is 21.9. The van der Waals surface area contributed by atoms with E-state index in [2.05, 4.69) is 0 Å². The van der Waals surface area contributed by atoms with Crippen molar-refractivity contribution in [3.05, 3.63) is 58.1 Å². The van der Waals surface area contributed by atoms with E-state index in [4.69, 9.17) is 26.8 Å². The fraction of sp³-hybridized carbons (Fsp3) is 0.435. The molecule has 3 N–H and O–H groups in total. The summed E-state index contributed by atoms with van der Waals surface area (Å²) in [6.45, 7) is 3.46. The zero-order valence-corrected chi connectivity index (χ0v) is 17.8. The van der Waals surface area contributed by atoms with Crippen LogP contribution >= 0.6 is 11.6 Å². The standard InChI is InChI=1S/C23H27ClN2O4/c1-14-6-7-16-17(22(14)27)12-20(29-21(16)13-25)15-8-10-26(11-9-15)23(28)30-19-5-3-2-4-18(19)24/h2-7,15,20-21,27H,8-13,25H2,1H3/t20-,21-/m0/s1. The number of nitrogens with two attached hydrogens (primary N) is 1. The van der Waals surface area contributed by atoms with Crippen molar-refractivity contribution >= 4 is 17.7 Å². The molecule has 0 radical (unpaired) electrons. The van der Waals surface area contributed by atoms with Crippen molar-refractivity contribution in [2.24, 2.45) is 11.7 Å². The summed E-state index contributed by atoms with van der Waals surface area (Å²) in [5.41, 5.74) is 8.75. The van der Waals surface area contributed by atoms with Gasteiger partial charge in [-0.1, -0.05) is 35.9 Å². The smallest absolute Gasteiger partial charge is 0.415 e. The first-order chi connectivity index (χ1) is 14.5. The summed E-state index contributed by atoms with van der Waals surface area (Å²) in [4.78, 5) is 14.2. The summed E-state index contributed by atoms with van der Waals surface area (Å²) in [6, 6.07) is 10.9. The van der Waals surface area contributed by atoms with Crippen LogP contribution in [-0.2, 0) is 11.2 Å². The highest BCUT2D eigenvalue weighted by Crippen LogP contribution is 2.40. The molecule has 0 spiro atoms. The number of halogens is 1. The predicted molar refractivity (Wildman–Crippen MR) is 115 cm³/mol. The molecule has 6 nitrogen and oxygen atoms in total. The number of likely N-dealkylation sites (tertiary alicyclic amines) is 1. The van der Waals surface area contributed by atoms with E-state index in [0.717, 1.165) is 29.5 Å². The molecular formula is C23H27ClN2O4. The Morgan fingerprint density at radius 2 is 2.00 bits per heavy atom. The molecule has 2 aliphatic rings. The van der Waals surface area contributed by atoms with Gasteiger partial charge in [-0.15, -0.1) is 0 Å². The van der Waals surface area contributed by atoms with E-state index in [1.165, 1.54) is 0 Å². The molecule has 0 aliphatic carbocycles. The number of fused-ring (bicyclic) bond motifs is 1. The number of para-hydroxylation sites is 1. The van der Waals surface area contributed by atoms with Gasteiger partial charge in [0.15, 0.2) is 5.75 Å². The van der Waals surface area contributed by atoms with Crippen LogP contribution in [-0.4, -0.2) is 41.8 Å². The molecule has 2 aliphatic heterocycles. The van der Waals surface area contributed by atoms with Crippen molar-refractivity contribution in [3.63, 3.8) is 0 Å². The van der Waals surface area contributed by atoms with Gasteiger partial charge in [0.05, 0.1) is 17.2 Å². The fourth-order valence-electron chi connectivity index (χ4n) is 4.42. The molecule has 2 heterocycles. The molecule has 30 heavy (non-hydrogen) atoms. The summed E-state index contributed by atoms with van der Waals surface area (Å²) in [7, 11) is 0. The predicted octanol–water partition coefficient (Wildman–Crippen LogP) is 4.21. The zero-order valence-electron chi connectivity index (χ0n) is 17.0. The lowest BCUT2D eigenvalue weighted by atomic mass is 9.83. The first-order valence-corrected chi connectivity index (χ1v) is 10.7. The number of carbonyl (C=O) groups excluding carboxylic acids is 1. The highest BCUT2D eigenvalue weighted by molar-refractivity contribution is 6.32. The highest BCUT2D eigenvalue weighted by Gasteiger charge is 2.36. The van der Waals surface area contributed by atoms with Crippen LogP contribution in [0.3, 0.4) is 0 Å². The Morgan fingerprint density at radius 1 is 1.27 bits per heavy atom. The summed E-state index contributed by atoms with van der Waals surface area (Å²) in [5.74, 6) is 1.01. The number of hydrogen-bond acceptors (Lipinski definition) is 5. The van der Waals surface area contributed by atoms with Gasteiger partial charge in [0, 0.05) is 31.6 Å². The maximum atomic E-state index is 12.5. The Bertz CT molecular complexity index is 927. The van der Waals surface area contributed by atoms with Crippen LogP contribution in [0.1, 0.15) is 35.6 Å². The van der Waals surface area contributed by atoms with Gasteiger partial charge < -0.3 is 25.2 Å². The van der Waals surface area contributed by atoms with Gasteiger partial charge in [-0.25, -0.2) is 4.79 Å². The van der Waals surface area contributed by atoms with Crippen LogP contribution in [0, 0.1) is 12.8 Å². The van der Waals surface area contributed by atoms with Gasteiger partial charge >= 0.3 is 6.09 Å². The first-order valence-electron chi connectivity index (χ1n) is 10.4. The van der Waals surface area contributed by atoms with Crippen molar-refractivity contribution in [2.45, 2.75) is 38.4 Å². The van der Waals surface area contributed by atoms with E-state index < -0.39 is 0 Å². The van der Waals surface area contributed by atoms with Gasteiger partial charge in [-0.2, -0.15) is 0 Å². The van der Waals surface area contributed by atoms with Crippen molar-refractivity contribution in [2.75, 3.05) is 19.6 Å². The van der Waals surface area contributed by atoms with E-state index in [0.29, 0.717) is 42.6 Å². The van der Waals surface area contributed by atoms with Gasteiger partial charge in [-0.05, 0) is 48.9 Å². The highest BCUT2D eigenvalue weighted by atomic mass is 35.5. The quantitative estimate of drug-likeness (QED) is 0.762. The van der Waals surface area contributed by atoms with Crippen LogP contribution < -0.4 is 10.5 Å². The maximum absolute atomic E-state index is 12.5. The second-order valence-corrected chi connectivity index (χ2v) is 8.43. The van der Waals surface area contributed by atoms with Crippen molar-refractivity contribution in [1.29, 1.82) is 0 Å². The summed E-state index contributed by atoms with van der Waals surface area (Å²) in [5, 5.41) is 11.0. The van der Waals surface area contributed by atoms with E-state index in [9.17, 15) is 9.90 Å². The van der Waals surface area contributed by atoms with E-state index in [1.54, 1.807) is 29.2 Å². The van der Waals surface area contributed by atoms with E-state index >= 15 is 0 Å². The average Bonchev–Trinajstić information content (AvgIpc) is 2.77. The number of phenols is 1. The maximum Gasteiger partial charge on any atom is 0.415 e. The van der Waals surface area contributed by atoms with Crippen LogP contribution in [0.25, 0.3) is 0 Å². The third-order valence-corrected chi connectivity index (χ3v) is 6.50. The Balaban J connectivity index is 1.40. The molecule has 0 unspecified atom stereocenters. The Morgan fingerprint density at radius 3 is 2.70 bits per heavy atom. The molecule has 160 valence electrons. The molecule has 1 saturated heterocycles. The minimum Gasteiger partial charge on any atom is -0.507 e. The number of amides is 1. The lowest BCUT2D eigenvalue weighted by Gasteiger charge is -2.40. The van der Waals surface area contributed by atoms with Gasteiger partial charge in [-0.3, -0.25) is 0 Å². The largest absolute Gasteiger partial charge is 0.507 e. The number of benzene rings is 2. The van der Waals surface area contributed by atoms with E-state index in [-0.39, 0.29) is 24.2 Å². The summed E-state index contributed by atoms with van der Waals surface area (Å²) < 4.78 is 11.8. The lowest BCUT2D eigenvalue weighted by molar-refractivity contribution is -0.0633. The number of piperidine rings is 1. The van der Waals surface area contributed by atoms with Crippen molar-refractivity contribution in [1.82, 2.24) is 4.90 Å². The molecular weight excluding hydrogens is 404 g/mol. The monoisotopic (exact) mass is 430 g/mol. The molecule has 1 fully saturated rings. The molecule has 2 aromatic rings. The van der Waals surface area contributed by atoms with Crippen LogP contribution in [0.4, 0.5) is 4.79 Å². The second-order valence-electron chi connectivity index (χ2n) is 8.02. The minimum atomic E-state index is -0.385. The van der Waals surface area contributed by atoms with E-state index in [1.807, 2.05) is 19.1 Å². The summed E-state index contributed by atoms with van der Waals surface area (Å²) in [6.07, 6.45) is 1.65. The minimum absolute atomic E-state index is 0.0273. The third-order valence-electron chi connectivity index (χ3n) is 6.18. The van der Waals surface area contributed by atoms with Gasteiger partial charge in [0.2, 0.25) is 0 Å². The summed E-state index contributed by atoms with van der Waals surface area (Å²) >= 11 is 6.08. The number of ether oxygens (including phenoxy) is 2. The third kappa shape index (κ3) is 4.13. The fourth-order valence-corrected chi connectivity index (χ4v) is 4.59. The second kappa shape index (κ2) is 8.84. The Kier molecular flexibility index (Phi) is 6.18. The molecule has 0 aromatic heterocycles. The molecule has 2 aromatic carbocycles. The van der Waals surface area contributed by atoms with Gasteiger partial charge in [0.1, 0.15) is 5.75 Å². The number of aryl methyl sites for hydroxylation is 1. The zero-order chi connectivity index (χ0) is 21.3. The number of rotatable bonds is 3. The Labute approximate surface area is 181 Å². The SMILES string of the molecule is Cc1ccc2c(c1O)C[C@@H](C1CCN(C(=O)Oc3ccccc3Cl)CC1)O[C@H]2CN. The van der Waals surface area contributed by atoms with Crippen molar-refractivity contribution < 1.29 is 19.4 Å². The molecule has 0 bridgehead atoms. The average molecular weight is 431 g/mol. The van der Waals surface area contributed by atoms with Crippen LogP contribution in [0.15, 0.2) is 36.4 Å². The number of nitrogens with zero attached hydrogens (tertiary/aromatic N) is 1. The molecule has 2 atom stereocenters. The Hall–Kier alpha value is -2.28. The molecule has 1 amide bonds. The molecule has 7 heteroatoms. The molecule has 4 rings (SSSR count). The first kappa shape index (κ1) is 21.0. The van der Waals surface area contributed by atoms with Crippen LogP contribution in [0.5, 0.6) is 11.5 Å². The number of phenolic OH excluding ortho intramolecular Hbond substituents is 1. The number of hydrogen-bond donors (Lipinski definition) is 2. The lowest BCUT2D eigenvalue weighted by Crippen LogP contribution is -2.45. The number of aromatic hydroxyl groups is 1. The topological polar surface area (TPSA) is 85.0 Å². The van der Waals surface area contributed by atoms with Crippen molar-refractivity contribution in [3.8, 4) is 11.5 Å². The van der Waals surface area contributed by atoms with Gasteiger partial charge in [0.25, 0.3) is 0 Å².